The summed E-state index contributed by atoms with van der Waals surface area (Å²) in [6.07, 6.45) is 1.64. The molecular weight excluding hydrogens is 226 g/mol. The lowest BCUT2D eigenvalue weighted by atomic mass is 10.1. The third-order valence-electron chi connectivity index (χ3n) is 3.29. The average molecular weight is 245 g/mol. The molecule has 4 nitrogen and oxygen atoms in total. The quantitative estimate of drug-likeness (QED) is 0.881. The molecule has 18 heavy (non-hydrogen) atoms. The van der Waals surface area contributed by atoms with E-state index in [1.807, 2.05) is 18.2 Å². The first-order valence-corrected chi connectivity index (χ1v) is 6.33. The van der Waals surface area contributed by atoms with Gasteiger partial charge in [-0.2, -0.15) is 5.26 Å². The first-order valence-electron chi connectivity index (χ1n) is 6.33. The van der Waals surface area contributed by atoms with Gasteiger partial charge >= 0.3 is 0 Å². The van der Waals surface area contributed by atoms with E-state index in [0.717, 1.165) is 37.5 Å². The van der Waals surface area contributed by atoms with E-state index in [0.29, 0.717) is 6.42 Å². The van der Waals surface area contributed by atoms with Gasteiger partial charge in [0, 0.05) is 24.8 Å². The second-order valence-electron chi connectivity index (χ2n) is 4.47. The number of nitrogens with zero attached hydrogens (tertiary/aromatic N) is 2. The molecule has 0 spiro atoms. The Labute approximate surface area is 108 Å². The Kier molecular flexibility index (Phi) is 4.43. The highest BCUT2D eigenvalue weighted by molar-refractivity contribution is 5.52. The monoisotopic (exact) mass is 245 g/mol. The maximum absolute atomic E-state index is 8.95. The molecule has 1 aliphatic rings. The van der Waals surface area contributed by atoms with Gasteiger partial charge < -0.3 is 15.0 Å². The van der Waals surface area contributed by atoms with E-state index in [-0.39, 0.29) is 6.04 Å². The van der Waals surface area contributed by atoms with Crippen molar-refractivity contribution in [2.45, 2.75) is 18.9 Å². The van der Waals surface area contributed by atoms with Gasteiger partial charge in [0.15, 0.2) is 0 Å². The van der Waals surface area contributed by atoms with Crippen LogP contribution in [-0.2, 0) is 0 Å². The summed E-state index contributed by atoms with van der Waals surface area (Å²) in [7, 11) is 1.68. The third kappa shape index (κ3) is 2.93. The van der Waals surface area contributed by atoms with E-state index in [9.17, 15) is 0 Å². The third-order valence-corrected chi connectivity index (χ3v) is 3.29. The number of methoxy groups -OCH3 is 1. The molecule has 0 saturated carbocycles. The molecule has 1 atom stereocenters. The molecule has 1 fully saturated rings. The van der Waals surface area contributed by atoms with Gasteiger partial charge in [0.25, 0.3) is 0 Å². The summed E-state index contributed by atoms with van der Waals surface area (Å²) in [6.45, 7) is 2.86. The molecule has 1 heterocycles. The van der Waals surface area contributed by atoms with Gasteiger partial charge in [-0.3, -0.25) is 0 Å². The molecule has 1 N–H and O–H groups in total. The highest BCUT2D eigenvalue weighted by Crippen LogP contribution is 2.24. The molecule has 1 saturated heterocycles. The van der Waals surface area contributed by atoms with Crippen molar-refractivity contribution < 1.29 is 4.74 Å². The summed E-state index contributed by atoms with van der Waals surface area (Å²) in [5, 5.41) is 12.3. The molecule has 1 aliphatic heterocycles. The standard InChI is InChI=1S/C14H19N3O/c1-18-14-5-2-4-12(10-14)17-9-3-8-16-11-13(17)6-7-15/h2,4-5,10,13,16H,3,6,8-9,11H2,1H3. The number of nitriles is 1. The Bertz CT molecular complexity index is 427. The van der Waals surface area contributed by atoms with Gasteiger partial charge in [-0.25, -0.2) is 0 Å². The van der Waals surface area contributed by atoms with Crippen LogP contribution in [0, 0.1) is 11.3 Å². The molecule has 1 aromatic carbocycles. The van der Waals surface area contributed by atoms with Crippen LogP contribution in [0.1, 0.15) is 12.8 Å². The predicted octanol–water partition coefficient (Wildman–Crippen LogP) is 1.78. The van der Waals surface area contributed by atoms with Gasteiger partial charge in [-0.15, -0.1) is 0 Å². The fourth-order valence-corrected chi connectivity index (χ4v) is 2.35. The van der Waals surface area contributed by atoms with E-state index in [2.05, 4.69) is 22.4 Å². The fraction of sp³-hybridized carbons (Fsp3) is 0.500. The Hall–Kier alpha value is -1.73. The lowest BCUT2D eigenvalue weighted by Crippen LogP contribution is -2.39. The summed E-state index contributed by atoms with van der Waals surface area (Å²) in [6, 6.07) is 10.6. The van der Waals surface area contributed by atoms with Gasteiger partial charge in [0.1, 0.15) is 5.75 Å². The highest BCUT2D eigenvalue weighted by atomic mass is 16.5. The van der Waals surface area contributed by atoms with Crippen LogP contribution in [0.2, 0.25) is 0 Å². The SMILES string of the molecule is COc1cccc(N2CCCNCC2CC#N)c1. The van der Waals surface area contributed by atoms with Gasteiger partial charge in [0.2, 0.25) is 0 Å². The Morgan fingerprint density at radius 3 is 3.22 bits per heavy atom. The Morgan fingerprint density at radius 2 is 2.44 bits per heavy atom. The Balaban J connectivity index is 2.23. The minimum Gasteiger partial charge on any atom is -0.497 e. The molecule has 1 unspecified atom stereocenters. The molecule has 4 heteroatoms. The van der Waals surface area contributed by atoms with Gasteiger partial charge in [-0.05, 0) is 25.1 Å². The normalized spacial score (nSPS) is 20.0. The van der Waals surface area contributed by atoms with E-state index in [4.69, 9.17) is 10.00 Å². The summed E-state index contributed by atoms with van der Waals surface area (Å²) in [5.74, 6) is 0.861. The maximum Gasteiger partial charge on any atom is 0.120 e. The van der Waals surface area contributed by atoms with Crippen molar-refractivity contribution in [2.24, 2.45) is 0 Å². The molecule has 0 amide bonds. The first-order chi connectivity index (χ1) is 8.85. The van der Waals surface area contributed by atoms with Crippen LogP contribution >= 0.6 is 0 Å². The van der Waals surface area contributed by atoms with Crippen molar-refractivity contribution in [3.8, 4) is 11.8 Å². The van der Waals surface area contributed by atoms with Crippen molar-refractivity contribution in [2.75, 3.05) is 31.6 Å². The first kappa shape index (κ1) is 12.7. The number of ether oxygens (including phenoxy) is 1. The van der Waals surface area contributed by atoms with Crippen LogP contribution < -0.4 is 15.0 Å². The van der Waals surface area contributed by atoms with Crippen molar-refractivity contribution in [1.82, 2.24) is 5.32 Å². The average Bonchev–Trinajstić information content (AvgIpc) is 2.65. The van der Waals surface area contributed by atoms with Crippen LogP contribution in [0.3, 0.4) is 0 Å². The Morgan fingerprint density at radius 1 is 1.56 bits per heavy atom. The van der Waals surface area contributed by atoms with Crippen LogP contribution in [0.5, 0.6) is 5.75 Å². The molecular formula is C14H19N3O. The van der Waals surface area contributed by atoms with Crippen molar-refractivity contribution >= 4 is 5.69 Å². The largest absolute Gasteiger partial charge is 0.497 e. The van der Waals surface area contributed by atoms with Gasteiger partial charge in [-0.1, -0.05) is 6.07 Å². The molecule has 2 rings (SSSR count). The topological polar surface area (TPSA) is 48.3 Å². The maximum atomic E-state index is 8.95. The molecule has 0 aliphatic carbocycles. The van der Waals surface area contributed by atoms with Crippen molar-refractivity contribution in [1.29, 1.82) is 5.26 Å². The lowest BCUT2D eigenvalue weighted by molar-refractivity contribution is 0.414. The molecule has 0 bridgehead atoms. The lowest BCUT2D eigenvalue weighted by Gasteiger charge is -2.30. The molecule has 0 aromatic heterocycles. The molecule has 96 valence electrons. The minimum atomic E-state index is 0.240. The van der Waals surface area contributed by atoms with E-state index < -0.39 is 0 Å². The van der Waals surface area contributed by atoms with E-state index >= 15 is 0 Å². The minimum absolute atomic E-state index is 0.240. The fourth-order valence-electron chi connectivity index (χ4n) is 2.35. The van der Waals surface area contributed by atoms with E-state index in [1.165, 1.54) is 0 Å². The second-order valence-corrected chi connectivity index (χ2v) is 4.47. The van der Waals surface area contributed by atoms with Crippen LogP contribution in [-0.4, -0.2) is 32.8 Å². The van der Waals surface area contributed by atoms with E-state index in [1.54, 1.807) is 7.11 Å². The summed E-state index contributed by atoms with van der Waals surface area (Å²) >= 11 is 0. The summed E-state index contributed by atoms with van der Waals surface area (Å²) < 4.78 is 5.26. The van der Waals surface area contributed by atoms with Crippen LogP contribution in [0.4, 0.5) is 5.69 Å². The number of hydrogen-bond donors (Lipinski definition) is 1. The molecule has 0 radical (unpaired) electrons. The van der Waals surface area contributed by atoms with Crippen molar-refractivity contribution in [3.05, 3.63) is 24.3 Å². The zero-order valence-electron chi connectivity index (χ0n) is 10.7. The van der Waals surface area contributed by atoms with Gasteiger partial charge in [0.05, 0.1) is 25.6 Å². The predicted molar refractivity (Wildman–Crippen MR) is 71.8 cm³/mol. The number of rotatable bonds is 3. The second kappa shape index (κ2) is 6.27. The van der Waals surface area contributed by atoms with Crippen molar-refractivity contribution in [3.63, 3.8) is 0 Å². The number of anilines is 1. The highest BCUT2D eigenvalue weighted by Gasteiger charge is 2.21. The number of hydrogen-bond acceptors (Lipinski definition) is 4. The summed E-state index contributed by atoms with van der Waals surface area (Å²) in [5.41, 5.74) is 1.14. The number of nitrogens with one attached hydrogen (secondary N) is 1. The summed E-state index contributed by atoms with van der Waals surface area (Å²) in [4.78, 5) is 2.31. The zero-order chi connectivity index (χ0) is 12.8. The van der Waals surface area contributed by atoms with Crippen LogP contribution in [0.25, 0.3) is 0 Å². The number of benzene rings is 1. The smallest absolute Gasteiger partial charge is 0.120 e. The van der Waals surface area contributed by atoms with Crippen LogP contribution in [0.15, 0.2) is 24.3 Å². The zero-order valence-corrected chi connectivity index (χ0v) is 10.7. The molecule has 1 aromatic rings.